The van der Waals surface area contributed by atoms with Gasteiger partial charge >= 0.3 is 0 Å². The summed E-state index contributed by atoms with van der Waals surface area (Å²) in [4.78, 5) is 16.0. The molecule has 6 heteroatoms. The van der Waals surface area contributed by atoms with Crippen LogP contribution >= 0.6 is 0 Å². The van der Waals surface area contributed by atoms with Gasteiger partial charge in [-0.1, -0.05) is 30.6 Å². The van der Waals surface area contributed by atoms with Crippen LogP contribution in [0.4, 0.5) is 0 Å². The molecule has 0 spiro atoms. The van der Waals surface area contributed by atoms with Crippen LogP contribution in [-0.4, -0.2) is 34.3 Å². The Morgan fingerprint density at radius 1 is 1.38 bits per heavy atom. The van der Waals surface area contributed by atoms with Gasteiger partial charge in [0.1, 0.15) is 0 Å². The number of hydrogen-bond donors (Lipinski definition) is 2. The molecule has 0 bridgehead atoms. The zero-order chi connectivity index (χ0) is 15.1. The predicted octanol–water partition coefficient (Wildman–Crippen LogP) is 1.87. The van der Waals surface area contributed by atoms with Crippen LogP contribution in [-0.2, 0) is 0 Å². The first-order valence-corrected chi connectivity index (χ1v) is 7.00. The number of aromatic nitrogens is 2. The fraction of sp³-hybridized carbons (Fsp3) is 0.400. The van der Waals surface area contributed by atoms with E-state index in [1.165, 1.54) is 6.39 Å². The van der Waals surface area contributed by atoms with Crippen LogP contribution in [0.15, 0.2) is 35.2 Å². The lowest BCUT2D eigenvalue weighted by Crippen LogP contribution is -2.29. The number of rotatable bonds is 7. The molecule has 1 unspecified atom stereocenters. The van der Waals surface area contributed by atoms with Crippen molar-refractivity contribution in [2.75, 3.05) is 13.2 Å². The molecule has 0 aliphatic rings. The van der Waals surface area contributed by atoms with Gasteiger partial charge in [0.2, 0.25) is 12.2 Å². The maximum atomic E-state index is 12.0. The fourth-order valence-electron chi connectivity index (χ4n) is 2.04. The lowest BCUT2D eigenvalue weighted by molar-refractivity contribution is 0.0943. The zero-order valence-corrected chi connectivity index (χ0v) is 12.0. The van der Waals surface area contributed by atoms with E-state index >= 15 is 0 Å². The maximum absolute atomic E-state index is 12.0. The summed E-state index contributed by atoms with van der Waals surface area (Å²) >= 11 is 0. The summed E-state index contributed by atoms with van der Waals surface area (Å²) < 4.78 is 4.69. The number of aliphatic hydroxyl groups is 1. The Balaban J connectivity index is 1.94. The Labute approximate surface area is 123 Å². The molecule has 0 radical (unpaired) electrons. The summed E-state index contributed by atoms with van der Waals surface area (Å²) in [5.41, 5.74) is 1.38. The van der Waals surface area contributed by atoms with Crippen LogP contribution in [0, 0.1) is 5.92 Å². The molecular formula is C15H19N3O3. The molecule has 0 aliphatic carbocycles. The van der Waals surface area contributed by atoms with Gasteiger partial charge in [0, 0.05) is 24.3 Å². The molecule has 0 saturated carbocycles. The van der Waals surface area contributed by atoms with E-state index in [4.69, 9.17) is 5.11 Å². The average Bonchev–Trinajstić information content (AvgIpc) is 3.05. The first-order chi connectivity index (χ1) is 10.2. The van der Waals surface area contributed by atoms with Crippen LogP contribution < -0.4 is 5.32 Å². The molecule has 0 aliphatic heterocycles. The highest BCUT2D eigenvalue weighted by Gasteiger charge is 2.10. The highest BCUT2D eigenvalue weighted by molar-refractivity contribution is 5.94. The number of amides is 1. The highest BCUT2D eigenvalue weighted by atomic mass is 16.5. The molecule has 1 aromatic carbocycles. The van der Waals surface area contributed by atoms with Gasteiger partial charge in [0.15, 0.2) is 0 Å². The minimum absolute atomic E-state index is 0.119. The number of nitrogens with zero attached hydrogens (tertiary/aromatic N) is 2. The average molecular weight is 289 g/mol. The lowest BCUT2D eigenvalue weighted by atomic mass is 10.0. The highest BCUT2D eigenvalue weighted by Crippen LogP contribution is 2.15. The molecule has 1 atom stereocenters. The van der Waals surface area contributed by atoms with Gasteiger partial charge in [-0.3, -0.25) is 4.79 Å². The molecule has 21 heavy (non-hydrogen) atoms. The van der Waals surface area contributed by atoms with Gasteiger partial charge in [-0.25, -0.2) is 0 Å². The largest absolute Gasteiger partial charge is 0.396 e. The Kier molecular flexibility index (Phi) is 5.45. The van der Waals surface area contributed by atoms with E-state index in [1.807, 2.05) is 6.92 Å². The van der Waals surface area contributed by atoms with Crippen molar-refractivity contribution in [3.63, 3.8) is 0 Å². The van der Waals surface area contributed by atoms with Crippen LogP contribution in [0.25, 0.3) is 11.4 Å². The third kappa shape index (κ3) is 4.13. The second kappa shape index (κ2) is 7.54. The molecule has 1 aromatic heterocycles. The molecule has 2 rings (SSSR count). The van der Waals surface area contributed by atoms with Crippen molar-refractivity contribution in [3.05, 3.63) is 36.2 Å². The van der Waals surface area contributed by atoms with Gasteiger partial charge < -0.3 is 14.9 Å². The summed E-state index contributed by atoms with van der Waals surface area (Å²) in [5, 5.41) is 15.6. The third-order valence-electron chi connectivity index (χ3n) is 3.43. The van der Waals surface area contributed by atoms with Gasteiger partial charge in [0.25, 0.3) is 5.91 Å². The molecule has 6 nitrogen and oxygen atoms in total. The SMILES string of the molecule is CCC(CCO)CNC(=O)c1ccc(-c2ncon2)cc1. The predicted molar refractivity (Wildman–Crippen MR) is 77.6 cm³/mol. The van der Waals surface area contributed by atoms with Crippen molar-refractivity contribution >= 4 is 5.91 Å². The van der Waals surface area contributed by atoms with Crippen LogP contribution in [0.1, 0.15) is 30.1 Å². The second-order valence-corrected chi connectivity index (χ2v) is 4.83. The molecule has 112 valence electrons. The van der Waals surface area contributed by atoms with Crippen molar-refractivity contribution in [2.24, 2.45) is 5.92 Å². The van der Waals surface area contributed by atoms with Crippen molar-refractivity contribution in [1.29, 1.82) is 0 Å². The minimum Gasteiger partial charge on any atom is -0.396 e. The van der Waals surface area contributed by atoms with Crippen molar-refractivity contribution in [3.8, 4) is 11.4 Å². The summed E-state index contributed by atoms with van der Waals surface area (Å²) in [7, 11) is 0. The third-order valence-corrected chi connectivity index (χ3v) is 3.43. The second-order valence-electron chi connectivity index (χ2n) is 4.83. The number of carbonyl (C=O) groups is 1. The lowest BCUT2D eigenvalue weighted by Gasteiger charge is -2.14. The van der Waals surface area contributed by atoms with Crippen LogP contribution in [0.3, 0.4) is 0 Å². The standard InChI is InChI=1S/C15H19N3O3/c1-2-11(7-8-19)9-16-15(20)13-5-3-12(4-6-13)14-17-10-21-18-14/h3-6,10-11,19H,2,7-9H2,1H3,(H,16,20). The number of nitrogens with one attached hydrogen (secondary N) is 1. The quantitative estimate of drug-likeness (QED) is 0.812. The van der Waals surface area contributed by atoms with Crippen molar-refractivity contribution in [2.45, 2.75) is 19.8 Å². The van der Waals surface area contributed by atoms with E-state index in [9.17, 15) is 4.79 Å². The smallest absolute Gasteiger partial charge is 0.251 e. The molecule has 1 amide bonds. The Hall–Kier alpha value is -2.21. The molecule has 2 N–H and O–H groups in total. The van der Waals surface area contributed by atoms with Crippen molar-refractivity contribution in [1.82, 2.24) is 15.5 Å². The monoisotopic (exact) mass is 289 g/mol. The molecule has 0 saturated heterocycles. The van der Waals surface area contributed by atoms with Gasteiger partial charge in [-0.05, 0) is 24.5 Å². The van der Waals surface area contributed by atoms with E-state index in [0.717, 1.165) is 12.0 Å². The van der Waals surface area contributed by atoms with E-state index in [1.54, 1.807) is 24.3 Å². The number of aliphatic hydroxyl groups excluding tert-OH is 1. The Bertz CT molecular complexity index is 552. The van der Waals surface area contributed by atoms with E-state index in [2.05, 4.69) is 20.0 Å². The molecular weight excluding hydrogens is 270 g/mol. The van der Waals surface area contributed by atoms with E-state index in [0.29, 0.717) is 30.3 Å². The van der Waals surface area contributed by atoms with E-state index < -0.39 is 0 Å². The van der Waals surface area contributed by atoms with Gasteiger partial charge in [-0.2, -0.15) is 4.98 Å². The summed E-state index contributed by atoms with van der Waals surface area (Å²) in [6.07, 6.45) is 2.90. The molecule has 2 aromatic rings. The summed E-state index contributed by atoms with van der Waals surface area (Å²) in [5.74, 6) is 0.680. The van der Waals surface area contributed by atoms with Gasteiger partial charge in [-0.15, -0.1) is 0 Å². The summed E-state index contributed by atoms with van der Waals surface area (Å²) in [6.45, 7) is 2.77. The minimum atomic E-state index is -0.119. The van der Waals surface area contributed by atoms with E-state index in [-0.39, 0.29) is 12.5 Å². The number of hydrogen-bond acceptors (Lipinski definition) is 5. The Morgan fingerprint density at radius 3 is 2.71 bits per heavy atom. The van der Waals surface area contributed by atoms with Crippen molar-refractivity contribution < 1.29 is 14.4 Å². The Morgan fingerprint density at radius 2 is 2.14 bits per heavy atom. The topological polar surface area (TPSA) is 88.2 Å². The summed E-state index contributed by atoms with van der Waals surface area (Å²) in [6, 6.07) is 7.03. The normalized spacial score (nSPS) is 12.1. The molecule has 1 heterocycles. The maximum Gasteiger partial charge on any atom is 0.251 e. The number of benzene rings is 1. The fourth-order valence-corrected chi connectivity index (χ4v) is 2.04. The first-order valence-electron chi connectivity index (χ1n) is 7.00. The zero-order valence-electron chi connectivity index (χ0n) is 12.0. The molecule has 0 fully saturated rings. The van der Waals surface area contributed by atoms with Gasteiger partial charge in [0.05, 0.1) is 0 Å². The van der Waals surface area contributed by atoms with Crippen LogP contribution in [0.2, 0.25) is 0 Å². The number of carbonyl (C=O) groups excluding carboxylic acids is 1. The van der Waals surface area contributed by atoms with Crippen LogP contribution in [0.5, 0.6) is 0 Å². The first kappa shape index (κ1) is 15.2.